The van der Waals surface area contributed by atoms with Gasteiger partial charge in [-0.25, -0.2) is 4.98 Å². The van der Waals surface area contributed by atoms with E-state index in [4.69, 9.17) is 4.98 Å². The number of para-hydroxylation sites is 3. The maximum Gasteiger partial charge on any atom is 0.204 e. The Bertz CT molecular complexity index is 1610. The fraction of sp³-hybridized carbons (Fsp3) is 0.167. The second-order valence-electron chi connectivity index (χ2n) is 8.85. The van der Waals surface area contributed by atoms with E-state index in [9.17, 15) is 0 Å². The molecule has 1 atom stereocenters. The second kappa shape index (κ2) is 8.38. The lowest BCUT2D eigenvalue weighted by atomic mass is 10.1. The van der Waals surface area contributed by atoms with Crippen molar-refractivity contribution in [2.45, 2.75) is 33.0 Å². The van der Waals surface area contributed by atoms with Gasteiger partial charge in [0, 0.05) is 34.9 Å². The van der Waals surface area contributed by atoms with E-state index >= 15 is 0 Å². The summed E-state index contributed by atoms with van der Waals surface area (Å²) in [5, 5.41) is 6.27. The van der Waals surface area contributed by atoms with Crippen LogP contribution in [-0.2, 0) is 13.1 Å². The first-order valence-corrected chi connectivity index (χ1v) is 12.0. The van der Waals surface area contributed by atoms with Crippen molar-refractivity contribution in [1.29, 1.82) is 0 Å². The van der Waals surface area contributed by atoms with Gasteiger partial charge in [-0.1, -0.05) is 66.7 Å². The van der Waals surface area contributed by atoms with Crippen LogP contribution in [0.1, 0.15) is 31.0 Å². The molecule has 2 aromatic heterocycles. The highest BCUT2D eigenvalue weighted by atomic mass is 15.2. The molecule has 1 unspecified atom stereocenters. The van der Waals surface area contributed by atoms with Crippen molar-refractivity contribution in [2.75, 3.05) is 5.32 Å². The normalized spacial score (nSPS) is 12.5. The van der Waals surface area contributed by atoms with Crippen LogP contribution in [0.25, 0.3) is 32.8 Å². The molecule has 0 spiro atoms. The minimum absolute atomic E-state index is 0.168. The van der Waals surface area contributed by atoms with Crippen molar-refractivity contribution >= 4 is 38.8 Å². The third-order valence-corrected chi connectivity index (χ3v) is 6.87. The van der Waals surface area contributed by atoms with E-state index in [1.165, 1.54) is 32.9 Å². The molecule has 4 nitrogen and oxygen atoms in total. The minimum Gasteiger partial charge on any atom is -0.352 e. The van der Waals surface area contributed by atoms with Gasteiger partial charge >= 0.3 is 0 Å². The van der Waals surface area contributed by atoms with E-state index < -0.39 is 0 Å². The monoisotopic (exact) mass is 444 g/mol. The maximum atomic E-state index is 4.95. The van der Waals surface area contributed by atoms with Crippen LogP contribution in [0.3, 0.4) is 0 Å². The summed E-state index contributed by atoms with van der Waals surface area (Å²) in [7, 11) is 0. The largest absolute Gasteiger partial charge is 0.352 e. The Morgan fingerprint density at radius 3 is 2.29 bits per heavy atom. The lowest BCUT2D eigenvalue weighted by Crippen LogP contribution is -2.12. The van der Waals surface area contributed by atoms with Crippen LogP contribution in [0.15, 0.2) is 97.1 Å². The molecular weight excluding hydrogens is 416 g/mol. The molecular formula is C30H28N4. The molecule has 168 valence electrons. The topological polar surface area (TPSA) is 34.8 Å². The van der Waals surface area contributed by atoms with Crippen molar-refractivity contribution in [3.63, 3.8) is 0 Å². The second-order valence-corrected chi connectivity index (χ2v) is 8.85. The number of anilines is 1. The molecule has 0 aliphatic carbocycles. The number of nitrogens with zero attached hydrogens (tertiary/aromatic N) is 3. The van der Waals surface area contributed by atoms with Gasteiger partial charge in [-0.15, -0.1) is 0 Å². The summed E-state index contributed by atoms with van der Waals surface area (Å²) in [6, 6.07) is 34.6. The quantitative estimate of drug-likeness (QED) is 0.291. The van der Waals surface area contributed by atoms with E-state index in [1.54, 1.807) is 0 Å². The smallest absolute Gasteiger partial charge is 0.204 e. The number of hydrogen-bond acceptors (Lipinski definition) is 2. The van der Waals surface area contributed by atoms with Crippen LogP contribution in [0, 0.1) is 0 Å². The van der Waals surface area contributed by atoms with Crippen LogP contribution in [-0.4, -0.2) is 14.1 Å². The molecule has 0 saturated carbocycles. The fourth-order valence-corrected chi connectivity index (χ4v) is 5.17. The number of rotatable bonds is 6. The van der Waals surface area contributed by atoms with Gasteiger partial charge in [0.2, 0.25) is 5.95 Å². The number of hydrogen-bond donors (Lipinski definition) is 1. The van der Waals surface area contributed by atoms with Crippen LogP contribution < -0.4 is 5.32 Å². The van der Waals surface area contributed by atoms with E-state index in [2.05, 4.69) is 119 Å². The Morgan fingerprint density at radius 2 is 1.47 bits per heavy atom. The number of aromatic nitrogens is 3. The Balaban J connectivity index is 1.38. The predicted octanol–water partition coefficient (Wildman–Crippen LogP) is 7.39. The highest BCUT2D eigenvalue weighted by Crippen LogP contribution is 2.31. The van der Waals surface area contributed by atoms with Crippen LogP contribution in [0.4, 0.5) is 5.95 Å². The summed E-state index contributed by atoms with van der Waals surface area (Å²) in [6.45, 7) is 6.12. The molecule has 0 aliphatic heterocycles. The average molecular weight is 445 g/mol. The molecule has 0 bridgehead atoms. The zero-order chi connectivity index (χ0) is 23.1. The molecule has 0 aliphatic rings. The first kappa shape index (κ1) is 20.5. The summed E-state index contributed by atoms with van der Waals surface area (Å²) in [5.41, 5.74) is 7.25. The van der Waals surface area contributed by atoms with Crippen molar-refractivity contribution in [2.24, 2.45) is 0 Å². The maximum absolute atomic E-state index is 4.95. The van der Waals surface area contributed by atoms with E-state index in [0.29, 0.717) is 6.54 Å². The minimum atomic E-state index is 0.168. The van der Waals surface area contributed by atoms with Gasteiger partial charge in [0.1, 0.15) is 0 Å². The third-order valence-electron chi connectivity index (χ3n) is 6.87. The first-order chi connectivity index (χ1) is 16.7. The average Bonchev–Trinajstić information content (AvgIpc) is 3.42. The highest BCUT2D eigenvalue weighted by molar-refractivity contribution is 6.08. The van der Waals surface area contributed by atoms with Gasteiger partial charge in [0.05, 0.1) is 17.1 Å². The summed E-state index contributed by atoms with van der Waals surface area (Å²) < 4.78 is 4.70. The fourth-order valence-electron chi connectivity index (χ4n) is 5.17. The summed E-state index contributed by atoms with van der Waals surface area (Å²) in [4.78, 5) is 4.95. The Labute approximate surface area is 199 Å². The van der Waals surface area contributed by atoms with Gasteiger partial charge in [-0.3, -0.25) is 0 Å². The summed E-state index contributed by atoms with van der Waals surface area (Å²) in [5.74, 6) is 0.897. The number of benzene rings is 4. The molecule has 0 radical (unpaired) electrons. The van der Waals surface area contributed by atoms with Gasteiger partial charge < -0.3 is 14.5 Å². The molecule has 6 aromatic rings. The van der Waals surface area contributed by atoms with E-state index in [-0.39, 0.29) is 6.04 Å². The van der Waals surface area contributed by atoms with Crippen LogP contribution in [0.5, 0.6) is 0 Å². The molecule has 0 amide bonds. The number of fused-ring (bicyclic) bond motifs is 4. The number of aryl methyl sites for hydroxylation is 1. The summed E-state index contributed by atoms with van der Waals surface area (Å²) >= 11 is 0. The molecule has 4 heteroatoms. The van der Waals surface area contributed by atoms with Crippen LogP contribution in [0.2, 0.25) is 0 Å². The highest BCUT2D eigenvalue weighted by Gasteiger charge is 2.17. The van der Waals surface area contributed by atoms with Gasteiger partial charge in [0.25, 0.3) is 0 Å². The van der Waals surface area contributed by atoms with Crippen molar-refractivity contribution < 1.29 is 0 Å². The molecule has 2 heterocycles. The van der Waals surface area contributed by atoms with Crippen LogP contribution >= 0.6 is 0 Å². The lowest BCUT2D eigenvalue weighted by Gasteiger charge is -2.19. The molecule has 34 heavy (non-hydrogen) atoms. The predicted molar refractivity (Wildman–Crippen MR) is 142 cm³/mol. The zero-order valence-corrected chi connectivity index (χ0v) is 19.6. The third kappa shape index (κ3) is 3.34. The Hall–Kier alpha value is -4.05. The number of nitrogens with one attached hydrogen (secondary N) is 1. The van der Waals surface area contributed by atoms with Crippen molar-refractivity contribution in [1.82, 2.24) is 14.1 Å². The lowest BCUT2D eigenvalue weighted by molar-refractivity contribution is 0.662. The van der Waals surface area contributed by atoms with Gasteiger partial charge in [0.15, 0.2) is 0 Å². The molecule has 4 aromatic carbocycles. The van der Waals surface area contributed by atoms with E-state index in [1.807, 2.05) is 6.07 Å². The van der Waals surface area contributed by atoms with Crippen molar-refractivity contribution in [3.05, 3.63) is 108 Å². The molecule has 6 rings (SSSR count). The van der Waals surface area contributed by atoms with Gasteiger partial charge in [-0.2, -0.15) is 0 Å². The van der Waals surface area contributed by atoms with Gasteiger partial charge in [-0.05, 0) is 55.3 Å². The van der Waals surface area contributed by atoms with Crippen molar-refractivity contribution in [3.8, 4) is 0 Å². The Morgan fingerprint density at radius 1 is 0.765 bits per heavy atom. The number of imidazole rings is 1. The Kier molecular flexibility index (Phi) is 5.06. The zero-order valence-electron chi connectivity index (χ0n) is 19.6. The standard InChI is InChI=1S/C30H28N4/c1-3-33-27-15-9-7-13-24(27)25-19-22(17-18-28(25)33)20-31-30-32-26-14-8-10-16-29(26)34(30)21(2)23-11-5-4-6-12-23/h4-19,21H,3,20H2,1-2H3,(H,31,32). The first-order valence-electron chi connectivity index (χ1n) is 12.0. The molecule has 1 N–H and O–H groups in total. The van der Waals surface area contributed by atoms with E-state index in [0.717, 1.165) is 23.5 Å². The molecule has 0 saturated heterocycles. The summed E-state index contributed by atoms with van der Waals surface area (Å²) in [6.07, 6.45) is 0. The molecule has 0 fully saturated rings. The SMILES string of the molecule is CCn1c2ccccc2c2cc(CNc3nc4ccccc4n3C(C)c3ccccc3)ccc21.